The topological polar surface area (TPSA) is 57.0 Å². The molecule has 5 nitrogen and oxygen atoms in total. The maximum atomic E-state index is 12.7. The summed E-state index contributed by atoms with van der Waals surface area (Å²) in [6, 6.07) is 13.7. The van der Waals surface area contributed by atoms with E-state index in [0.717, 1.165) is 50.4 Å². The number of rotatable bonds is 4. The summed E-state index contributed by atoms with van der Waals surface area (Å²) in [6.07, 6.45) is 3.49. The molecule has 1 aliphatic carbocycles. The van der Waals surface area contributed by atoms with Crippen LogP contribution in [-0.4, -0.2) is 43.2 Å². The zero-order valence-electron chi connectivity index (χ0n) is 15.9. The van der Waals surface area contributed by atoms with Gasteiger partial charge in [0.05, 0.1) is 31.9 Å². The lowest BCUT2D eigenvalue weighted by Gasteiger charge is -2.36. The highest BCUT2D eigenvalue weighted by atomic mass is 16.3. The molecule has 5 heteroatoms. The highest BCUT2D eigenvalue weighted by Crippen LogP contribution is 2.26. The summed E-state index contributed by atoms with van der Waals surface area (Å²) >= 11 is 0. The average molecular weight is 366 g/mol. The molecule has 2 aromatic carbocycles. The molecule has 0 radical (unpaired) electrons. The van der Waals surface area contributed by atoms with Gasteiger partial charge in [0.25, 0.3) is 5.91 Å². The molecule has 1 fully saturated rings. The zero-order valence-corrected chi connectivity index (χ0v) is 15.9. The van der Waals surface area contributed by atoms with Crippen molar-refractivity contribution in [2.75, 3.05) is 36.4 Å². The number of fused-ring (bicyclic) bond motifs is 1. The highest BCUT2D eigenvalue weighted by Gasteiger charge is 2.30. The Balaban J connectivity index is 1.34. The summed E-state index contributed by atoms with van der Waals surface area (Å²) in [5.41, 5.74) is 4.60. The van der Waals surface area contributed by atoms with Crippen LogP contribution >= 0.6 is 0 Å². The van der Waals surface area contributed by atoms with Crippen molar-refractivity contribution in [1.82, 2.24) is 0 Å². The van der Waals surface area contributed by atoms with Crippen molar-refractivity contribution in [3.63, 3.8) is 0 Å². The fourth-order valence-electron chi connectivity index (χ4n) is 4.28. The molecule has 1 saturated heterocycles. The molecule has 0 bridgehead atoms. The van der Waals surface area contributed by atoms with Crippen LogP contribution in [0.4, 0.5) is 11.4 Å². The number of phenols is 1. The minimum Gasteiger partial charge on any atom is -0.506 e. The van der Waals surface area contributed by atoms with Gasteiger partial charge in [0.15, 0.2) is 6.04 Å². The minimum absolute atomic E-state index is 0.0824. The van der Waals surface area contributed by atoms with E-state index in [1.165, 1.54) is 22.4 Å². The second kappa shape index (κ2) is 7.61. The molecule has 0 saturated carbocycles. The van der Waals surface area contributed by atoms with Crippen LogP contribution in [-0.2, 0) is 17.6 Å². The van der Waals surface area contributed by atoms with E-state index < -0.39 is 0 Å². The number of aromatic hydroxyl groups is 1. The first-order valence-electron chi connectivity index (χ1n) is 9.92. The molecule has 1 aliphatic heterocycles. The number of quaternary nitrogens is 1. The fourth-order valence-corrected chi connectivity index (χ4v) is 4.28. The zero-order chi connectivity index (χ0) is 18.8. The predicted octanol–water partition coefficient (Wildman–Crippen LogP) is 1.61. The van der Waals surface area contributed by atoms with Gasteiger partial charge in [-0.2, -0.15) is 0 Å². The van der Waals surface area contributed by atoms with Crippen molar-refractivity contribution in [1.29, 1.82) is 0 Å². The molecular weight excluding hydrogens is 338 g/mol. The molecule has 2 aromatic rings. The number of anilines is 2. The summed E-state index contributed by atoms with van der Waals surface area (Å²) in [7, 11) is 0. The molecule has 3 N–H and O–H groups in total. The first-order chi connectivity index (χ1) is 13.1. The van der Waals surface area contributed by atoms with Crippen LogP contribution < -0.4 is 15.1 Å². The number of piperazine rings is 1. The number of nitrogens with one attached hydrogen (secondary N) is 2. The Bertz CT molecular complexity index is 828. The number of benzene rings is 2. The van der Waals surface area contributed by atoms with Crippen LogP contribution in [0.15, 0.2) is 42.5 Å². The molecule has 27 heavy (non-hydrogen) atoms. The van der Waals surface area contributed by atoms with E-state index in [1.807, 2.05) is 31.2 Å². The van der Waals surface area contributed by atoms with Crippen molar-refractivity contribution in [3.8, 4) is 5.75 Å². The Morgan fingerprint density at radius 2 is 1.85 bits per heavy atom. The largest absolute Gasteiger partial charge is 0.506 e. The lowest BCUT2D eigenvalue weighted by molar-refractivity contribution is -0.914. The second-order valence-electron chi connectivity index (χ2n) is 7.68. The molecule has 1 heterocycles. The Morgan fingerprint density at radius 3 is 2.63 bits per heavy atom. The summed E-state index contributed by atoms with van der Waals surface area (Å²) in [5, 5.41) is 13.2. The van der Waals surface area contributed by atoms with Gasteiger partial charge in [-0.1, -0.05) is 18.2 Å². The number of hydrogen-bond acceptors (Lipinski definition) is 3. The van der Waals surface area contributed by atoms with E-state index in [1.54, 1.807) is 6.07 Å². The minimum atomic E-state index is -0.0928. The second-order valence-corrected chi connectivity index (χ2v) is 7.68. The third kappa shape index (κ3) is 3.78. The van der Waals surface area contributed by atoms with Gasteiger partial charge in [-0.05, 0) is 61.6 Å². The van der Waals surface area contributed by atoms with E-state index >= 15 is 0 Å². The van der Waals surface area contributed by atoms with Gasteiger partial charge in [0.1, 0.15) is 5.75 Å². The van der Waals surface area contributed by atoms with E-state index in [-0.39, 0.29) is 11.9 Å². The quantitative estimate of drug-likeness (QED) is 0.771. The van der Waals surface area contributed by atoms with Crippen molar-refractivity contribution in [3.05, 3.63) is 53.6 Å². The van der Waals surface area contributed by atoms with Crippen LogP contribution in [0.1, 0.15) is 24.5 Å². The van der Waals surface area contributed by atoms with E-state index in [2.05, 4.69) is 22.3 Å². The van der Waals surface area contributed by atoms with Gasteiger partial charge < -0.3 is 20.2 Å². The number of nitrogens with zero attached hydrogens (tertiary/aromatic N) is 1. The fraction of sp³-hybridized carbons (Fsp3) is 0.409. The Morgan fingerprint density at radius 1 is 1.11 bits per heavy atom. The number of hydrogen-bond donors (Lipinski definition) is 3. The number of carbonyl (C=O) groups is 1. The monoisotopic (exact) mass is 366 g/mol. The lowest BCUT2D eigenvalue weighted by atomic mass is 10.1. The SMILES string of the molecule is C[C@H](C(=O)Nc1ccc2c(c1)CCC2)[NH+]1CCN(c2ccccc2O)CC1. The highest BCUT2D eigenvalue weighted by molar-refractivity contribution is 5.93. The van der Waals surface area contributed by atoms with Crippen LogP contribution in [0.3, 0.4) is 0 Å². The molecule has 0 unspecified atom stereocenters. The molecule has 2 aliphatic rings. The Kier molecular flexibility index (Phi) is 5.03. The molecule has 4 rings (SSSR count). The van der Waals surface area contributed by atoms with Crippen LogP contribution in [0, 0.1) is 0 Å². The molecule has 142 valence electrons. The van der Waals surface area contributed by atoms with Crippen LogP contribution in [0.2, 0.25) is 0 Å². The number of para-hydroxylation sites is 2. The Hall–Kier alpha value is -2.53. The van der Waals surface area contributed by atoms with Crippen LogP contribution in [0.5, 0.6) is 5.75 Å². The van der Waals surface area contributed by atoms with Crippen molar-refractivity contribution in [2.24, 2.45) is 0 Å². The number of amides is 1. The van der Waals surface area contributed by atoms with Crippen molar-refractivity contribution in [2.45, 2.75) is 32.2 Å². The van der Waals surface area contributed by atoms with E-state index in [4.69, 9.17) is 0 Å². The number of phenolic OH excluding ortho intramolecular Hbond substituents is 1. The predicted molar refractivity (Wildman–Crippen MR) is 108 cm³/mol. The molecular formula is C22H28N3O2+. The summed E-state index contributed by atoms with van der Waals surface area (Å²) in [6.45, 7) is 5.45. The number of carbonyl (C=O) groups excluding carboxylic acids is 1. The van der Waals surface area contributed by atoms with E-state index in [9.17, 15) is 9.90 Å². The standard InChI is InChI=1S/C22H27N3O2/c1-16(22(27)23-19-10-9-17-5-4-6-18(17)15-19)24-11-13-25(14-12-24)20-7-2-3-8-21(20)26/h2-3,7-10,15-16,26H,4-6,11-14H2,1H3,(H,23,27)/p+1/t16-/m1/s1. The molecule has 1 amide bonds. The molecule has 1 atom stereocenters. The molecule has 0 spiro atoms. The first kappa shape index (κ1) is 17.9. The van der Waals surface area contributed by atoms with Gasteiger partial charge in [-0.25, -0.2) is 0 Å². The molecule has 0 aromatic heterocycles. The van der Waals surface area contributed by atoms with Gasteiger partial charge in [-0.3, -0.25) is 4.79 Å². The van der Waals surface area contributed by atoms with Gasteiger partial charge in [0.2, 0.25) is 0 Å². The lowest BCUT2D eigenvalue weighted by Crippen LogP contribution is -3.19. The van der Waals surface area contributed by atoms with Gasteiger partial charge >= 0.3 is 0 Å². The smallest absolute Gasteiger partial charge is 0.282 e. The van der Waals surface area contributed by atoms with Crippen molar-refractivity contribution < 1.29 is 14.8 Å². The third-order valence-electron chi connectivity index (χ3n) is 6.00. The van der Waals surface area contributed by atoms with E-state index in [0.29, 0.717) is 5.75 Å². The third-order valence-corrected chi connectivity index (χ3v) is 6.00. The Labute approximate surface area is 160 Å². The maximum absolute atomic E-state index is 12.7. The number of aryl methyl sites for hydroxylation is 2. The first-order valence-corrected chi connectivity index (χ1v) is 9.92. The van der Waals surface area contributed by atoms with Gasteiger partial charge in [-0.15, -0.1) is 0 Å². The normalized spacial score (nSPS) is 18.2. The average Bonchev–Trinajstić information content (AvgIpc) is 3.16. The van der Waals surface area contributed by atoms with Crippen molar-refractivity contribution >= 4 is 17.3 Å². The summed E-state index contributed by atoms with van der Waals surface area (Å²) in [5.74, 6) is 0.405. The summed E-state index contributed by atoms with van der Waals surface area (Å²) < 4.78 is 0. The van der Waals surface area contributed by atoms with Gasteiger partial charge in [0, 0.05) is 5.69 Å². The summed E-state index contributed by atoms with van der Waals surface area (Å²) in [4.78, 5) is 16.2. The van der Waals surface area contributed by atoms with Crippen LogP contribution in [0.25, 0.3) is 0 Å². The maximum Gasteiger partial charge on any atom is 0.282 e.